The van der Waals surface area contributed by atoms with Crippen molar-refractivity contribution in [1.82, 2.24) is 15.0 Å². The molecule has 0 bridgehead atoms. The van der Waals surface area contributed by atoms with Gasteiger partial charge in [0.05, 0.1) is 29.5 Å². The molecule has 9 atom stereocenters. The molecule has 5 aliphatic carbocycles. The van der Waals surface area contributed by atoms with Gasteiger partial charge in [0.2, 0.25) is 0 Å². The second kappa shape index (κ2) is 10.5. The lowest BCUT2D eigenvalue weighted by Crippen LogP contribution is -2.67. The molecule has 1 heterocycles. The fourth-order valence-electron chi connectivity index (χ4n) is 12.2. The number of carbonyl (C=O) groups is 1. The number of rotatable bonds is 4. The molecule has 0 radical (unpaired) electrons. The number of nitrogens with zero attached hydrogens (tertiary/aromatic N) is 3. The van der Waals surface area contributed by atoms with Gasteiger partial charge in [-0.25, -0.2) is 4.68 Å². The van der Waals surface area contributed by atoms with Crippen LogP contribution >= 0.6 is 0 Å². The molecule has 7 nitrogen and oxygen atoms in total. The van der Waals surface area contributed by atoms with Crippen molar-refractivity contribution in [2.45, 2.75) is 125 Å². The van der Waals surface area contributed by atoms with Crippen LogP contribution in [0.1, 0.15) is 112 Å². The molecule has 4 saturated carbocycles. The summed E-state index contributed by atoms with van der Waals surface area (Å²) < 4.78 is 8.03. The van der Waals surface area contributed by atoms with Crippen LogP contribution in [0.25, 0.3) is 5.69 Å². The summed E-state index contributed by atoms with van der Waals surface area (Å²) in [5, 5.41) is 30.7. The maximum atomic E-state index is 14.5. The smallest absolute Gasteiger partial charge is 0.313 e. The normalized spacial score (nSPS) is 42.5. The molecule has 7 heteroatoms. The molecule has 0 amide bonds. The second-order valence-electron chi connectivity index (χ2n) is 18.0. The lowest BCUT2D eigenvalue weighted by Gasteiger charge is -2.71. The third-order valence-electron chi connectivity index (χ3n) is 15.0. The highest BCUT2D eigenvalue weighted by molar-refractivity contribution is 5.79. The van der Waals surface area contributed by atoms with E-state index in [4.69, 9.17) is 4.74 Å². The van der Waals surface area contributed by atoms with Crippen molar-refractivity contribution in [2.24, 2.45) is 50.2 Å². The molecule has 3 unspecified atom stereocenters. The van der Waals surface area contributed by atoms with Gasteiger partial charge in [0, 0.05) is 0 Å². The van der Waals surface area contributed by atoms with Gasteiger partial charge in [-0.3, -0.25) is 4.79 Å². The van der Waals surface area contributed by atoms with E-state index in [1.807, 2.05) is 30.3 Å². The maximum Gasteiger partial charge on any atom is 0.313 e. The van der Waals surface area contributed by atoms with Gasteiger partial charge in [-0.2, -0.15) is 0 Å². The number of aliphatic hydroxyl groups is 2. The first-order chi connectivity index (χ1) is 21.6. The zero-order valence-corrected chi connectivity index (χ0v) is 29.1. The standard InChI is InChI=1S/C39H55N3O4/c1-34(2)17-19-39(33(45)46-24-26-23-40-41-42(26)25-11-9-8-10-12-25)20-18-37(6)27(28(39)21-34)13-14-31-36(5)22-29(43)32(44)35(3,4)30(36)15-16-38(31,37)7/h8-13,23,28-32,43-44H,14-22,24H2,1-7H3/t28?,29-,30?,31?,32+,36+,37-,38-,39+/m1/s1. The average Bonchev–Trinajstić information content (AvgIpc) is 3.48. The number of benzene rings is 1. The van der Waals surface area contributed by atoms with E-state index in [0.29, 0.717) is 18.3 Å². The van der Waals surface area contributed by atoms with E-state index in [1.54, 1.807) is 10.9 Å². The van der Waals surface area contributed by atoms with Crippen molar-refractivity contribution >= 4 is 5.97 Å². The van der Waals surface area contributed by atoms with Crippen LogP contribution in [0.2, 0.25) is 0 Å². The molecular formula is C39H55N3O4. The van der Waals surface area contributed by atoms with Gasteiger partial charge in [0.1, 0.15) is 12.3 Å². The number of hydrogen-bond acceptors (Lipinski definition) is 6. The monoisotopic (exact) mass is 629 g/mol. The Morgan fingerprint density at radius 2 is 1.65 bits per heavy atom. The zero-order chi connectivity index (χ0) is 32.9. The van der Waals surface area contributed by atoms with Crippen molar-refractivity contribution in [3.63, 3.8) is 0 Å². The average molecular weight is 630 g/mol. The number of hydrogen-bond donors (Lipinski definition) is 2. The van der Waals surface area contributed by atoms with Gasteiger partial charge in [-0.1, -0.05) is 83.5 Å². The first-order valence-electron chi connectivity index (χ1n) is 17.8. The summed E-state index contributed by atoms with van der Waals surface area (Å²) in [5.41, 5.74) is 2.41. The van der Waals surface area contributed by atoms with Crippen molar-refractivity contribution in [1.29, 1.82) is 0 Å². The third-order valence-corrected chi connectivity index (χ3v) is 15.0. The predicted molar refractivity (Wildman–Crippen MR) is 178 cm³/mol. The van der Waals surface area contributed by atoms with Crippen LogP contribution in [-0.4, -0.2) is 43.4 Å². The van der Waals surface area contributed by atoms with Crippen molar-refractivity contribution < 1.29 is 19.7 Å². The number of ether oxygens (including phenoxy) is 1. The van der Waals surface area contributed by atoms with Crippen LogP contribution < -0.4 is 0 Å². The van der Waals surface area contributed by atoms with Crippen LogP contribution in [0.5, 0.6) is 0 Å². The second-order valence-corrected chi connectivity index (χ2v) is 18.0. The summed E-state index contributed by atoms with van der Waals surface area (Å²) in [6.45, 7) is 16.7. The molecule has 46 heavy (non-hydrogen) atoms. The number of allylic oxidation sites excluding steroid dienone is 2. The van der Waals surface area contributed by atoms with Crippen LogP contribution in [0.3, 0.4) is 0 Å². The van der Waals surface area contributed by atoms with E-state index < -0.39 is 17.6 Å². The minimum Gasteiger partial charge on any atom is -0.459 e. The Morgan fingerprint density at radius 1 is 0.935 bits per heavy atom. The molecular weight excluding hydrogens is 574 g/mol. The van der Waals surface area contributed by atoms with E-state index in [-0.39, 0.29) is 45.6 Å². The minimum absolute atomic E-state index is 0.0349. The van der Waals surface area contributed by atoms with Gasteiger partial charge >= 0.3 is 5.97 Å². The molecule has 250 valence electrons. The van der Waals surface area contributed by atoms with E-state index >= 15 is 0 Å². The van der Waals surface area contributed by atoms with Crippen LogP contribution in [0.15, 0.2) is 48.2 Å². The first-order valence-corrected chi connectivity index (χ1v) is 17.8. The summed E-state index contributed by atoms with van der Waals surface area (Å²) in [7, 11) is 0. The van der Waals surface area contributed by atoms with E-state index in [1.165, 1.54) is 5.57 Å². The molecule has 2 N–H and O–H groups in total. The Bertz CT molecular complexity index is 1530. The topological polar surface area (TPSA) is 97.5 Å². The molecule has 0 saturated heterocycles. The maximum absolute atomic E-state index is 14.5. The zero-order valence-electron chi connectivity index (χ0n) is 29.1. The van der Waals surface area contributed by atoms with Crippen molar-refractivity contribution in [2.75, 3.05) is 0 Å². The molecule has 7 rings (SSSR count). The number of esters is 1. The minimum atomic E-state index is -0.696. The van der Waals surface area contributed by atoms with Crippen molar-refractivity contribution in [3.8, 4) is 5.69 Å². The van der Waals surface area contributed by atoms with Crippen LogP contribution in [0, 0.1) is 50.2 Å². The fraction of sp³-hybridized carbons (Fsp3) is 0.718. The molecule has 1 aromatic carbocycles. The highest BCUT2D eigenvalue weighted by Gasteiger charge is 2.70. The van der Waals surface area contributed by atoms with Gasteiger partial charge in [-0.05, 0) is 115 Å². The number of aromatic nitrogens is 3. The summed E-state index contributed by atoms with van der Waals surface area (Å²) in [6.07, 6.45) is 11.3. The van der Waals surface area contributed by atoms with Crippen LogP contribution in [0.4, 0.5) is 0 Å². The number of carbonyl (C=O) groups excluding carboxylic acids is 1. The SMILES string of the molecule is CC1(C)CC[C@]2(C(=O)OCc3cnnn3-c3ccccc3)CC[C@]3(C)C(=CCC4[C@@]5(C)C[C@@H](O)[C@H](O)C(C)(C)C5CC[C@]43C)C2C1. The van der Waals surface area contributed by atoms with Crippen molar-refractivity contribution in [3.05, 3.63) is 53.9 Å². The number of aliphatic hydroxyl groups excluding tert-OH is 2. The highest BCUT2D eigenvalue weighted by Crippen LogP contribution is 2.75. The summed E-state index contributed by atoms with van der Waals surface area (Å²) in [4.78, 5) is 14.5. The fourth-order valence-corrected chi connectivity index (χ4v) is 12.2. The van der Waals surface area contributed by atoms with Gasteiger partial charge in [0.15, 0.2) is 0 Å². The summed E-state index contributed by atoms with van der Waals surface area (Å²) >= 11 is 0. The van der Waals surface area contributed by atoms with Crippen LogP contribution in [-0.2, 0) is 16.1 Å². The number of para-hydroxylation sites is 1. The van der Waals surface area contributed by atoms with E-state index in [9.17, 15) is 15.0 Å². The Balaban J connectivity index is 1.22. The molecule has 2 aromatic rings. The summed E-state index contributed by atoms with van der Waals surface area (Å²) in [6, 6.07) is 9.87. The van der Waals surface area contributed by atoms with Gasteiger partial charge in [0.25, 0.3) is 0 Å². The quantitative estimate of drug-likeness (QED) is 0.270. The molecule has 5 aliphatic rings. The molecule has 1 aromatic heterocycles. The third kappa shape index (κ3) is 4.39. The van der Waals surface area contributed by atoms with E-state index in [2.05, 4.69) is 64.9 Å². The Labute approximate surface area is 275 Å². The summed E-state index contributed by atoms with van der Waals surface area (Å²) in [5.74, 6) is 0.861. The first kappa shape index (κ1) is 32.1. The Kier molecular flexibility index (Phi) is 7.31. The van der Waals surface area contributed by atoms with Gasteiger partial charge in [-0.15, -0.1) is 5.10 Å². The molecule has 0 aliphatic heterocycles. The predicted octanol–water partition coefficient (Wildman–Crippen LogP) is 7.44. The van der Waals surface area contributed by atoms with Gasteiger partial charge < -0.3 is 14.9 Å². The molecule has 0 spiro atoms. The lowest BCUT2D eigenvalue weighted by molar-refractivity contribution is -0.232. The lowest BCUT2D eigenvalue weighted by atomic mass is 9.33. The van der Waals surface area contributed by atoms with E-state index in [0.717, 1.165) is 62.7 Å². The molecule has 4 fully saturated rings. The Hall–Kier alpha value is -2.51. The largest absolute Gasteiger partial charge is 0.459 e. The highest BCUT2D eigenvalue weighted by atomic mass is 16.5. The Morgan fingerprint density at radius 3 is 2.39 bits per heavy atom. The number of fused-ring (bicyclic) bond motifs is 7.